The first-order chi connectivity index (χ1) is 9.16. The molecule has 1 amide bonds. The van der Waals surface area contributed by atoms with Crippen molar-refractivity contribution in [3.63, 3.8) is 0 Å². The summed E-state index contributed by atoms with van der Waals surface area (Å²) in [6.45, 7) is 7.41. The molecular weight excluding hydrogens is 295 g/mol. The highest BCUT2D eigenvalue weighted by atomic mass is 35.5. The molecule has 0 aliphatic heterocycles. The summed E-state index contributed by atoms with van der Waals surface area (Å²) in [7, 11) is 0. The molecule has 1 rings (SSSR count). The Hall–Kier alpha value is -1.24. The van der Waals surface area contributed by atoms with Gasteiger partial charge in [0.15, 0.2) is 0 Å². The summed E-state index contributed by atoms with van der Waals surface area (Å²) in [4.78, 5) is 12.2. The molecule has 0 saturated heterocycles. The Labute approximate surface area is 129 Å². The average molecular weight is 313 g/mol. The minimum atomic E-state index is -0.712. The van der Waals surface area contributed by atoms with Crippen molar-refractivity contribution in [1.29, 1.82) is 5.26 Å². The fourth-order valence-corrected chi connectivity index (χ4v) is 2.44. The number of nitrogens with zero attached hydrogens (tertiary/aromatic N) is 1. The van der Waals surface area contributed by atoms with E-state index in [1.54, 1.807) is 18.2 Å². The van der Waals surface area contributed by atoms with Crippen molar-refractivity contribution in [2.45, 2.75) is 33.7 Å². The molecule has 0 aromatic heterocycles. The maximum absolute atomic E-state index is 12.2. The molecule has 0 saturated carbocycles. The van der Waals surface area contributed by atoms with Crippen LogP contribution < -0.4 is 5.32 Å². The zero-order valence-electron chi connectivity index (χ0n) is 12.0. The second kappa shape index (κ2) is 6.47. The first-order valence-corrected chi connectivity index (χ1v) is 7.07. The third-order valence-electron chi connectivity index (χ3n) is 3.05. The molecule has 0 unspecified atom stereocenters. The summed E-state index contributed by atoms with van der Waals surface area (Å²) in [5.74, 6) is -1.01. The van der Waals surface area contributed by atoms with Crippen LogP contribution in [0, 0.1) is 22.7 Å². The largest absolute Gasteiger partial charge is 0.348 e. The first kappa shape index (κ1) is 16.8. The summed E-state index contributed by atoms with van der Waals surface area (Å²) < 4.78 is 0. The number of benzene rings is 1. The second-order valence-corrected chi connectivity index (χ2v) is 6.67. The van der Waals surface area contributed by atoms with Gasteiger partial charge in [0.1, 0.15) is 5.92 Å². The smallest absolute Gasteiger partial charge is 0.238 e. The molecule has 3 nitrogen and oxygen atoms in total. The van der Waals surface area contributed by atoms with Gasteiger partial charge >= 0.3 is 0 Å². The molecule has 1 N–H and O–H groups in total. The minimum Gasteiger partial charge on any atom is -0.348 e. The molecule has 0 aliphatic carbocycles. The predicted octanol–water partition coefficient (Wildman–Crippen LogP) is 4.36. The molecule has 108 valence electrons. The highest BCUT2D eigenvalue weighted by Gasteiger charge is 2.32. The van der Waals surface area contributed by atoms with E-state index >= 15 is 0 Å². The summed E-state index contributed by atoms with van der Waals surface area (Å²) in [5, 5.41) is 13.0. The Morgan fingerprint density at radius 1 is 1.35 bits per heavy atom. The predicted molar refractivity (Wildman–Crippen MR) is 81.6 cm³/mol. The summed E-state index contributed by atoms with van der Waals surface area (Å²) >= 11 is 12.0. The summed E-state index contributed by atoms with van der Waals surface area (Å²) in [6, 6.07) is 6.89. The minimum absolute atomic E-state index is 0.287. The van der Waals surface area contributed by atoms with E-state index in [2.05, 4.69) is 11.4 Å². The molecule has 0 bridgehead atoms. The van der Waals surface area contributed by atoms with Crippen LogP contribution >= 0.6 is 23.2 Å². The molecule has 2 atom stereocenters. The van der Waals surface area contributed by atoms with Crippen LogP contribution in [0.15, 0.2) is 18.2 Å². The SMILES string of the molecule is C[C@H](NC(=O)[C@@H](C#N)C(C)(C)C)c1ccc(Cl)cc1Cl. The van der Waals surface area contributed by atoms with E-state index in [1.165, 1.54) is 0 Å². The molecule has 1 aromatic rings. The number of nitriles is 1. The quantitative estimate of drug-likeness (QED) is 0.901. The number of carbonyl (C=O) groups excluding carboxylic acids is 1. The van der Waals surface area contributed by atoms with Crippen molar-refractivity contribution in [2.75, 3.05) is 0 Å². The van der Waals surface area contributed by atoms with Crippen LogP contribution in [0.25, 0.3) is 0 Å². The lowest BCUT2D eigenvalue weighted by Gasteiger charge is -2.25. The molecule has 0 heterocycles. The zero-order chi connectivity index (χ0) is 15.5. The summed E-state index contributed by atoms with van der Waals surface area (Å²) in [5.41, 5.74) is 0.359. The number of halogens is 2. The molecule has 0 spiro atoms. The highest BCUT2D eigenvalue weighted by molar-refractivity contribution is 6.35. The molecule has 0 radical (unpaired) electrons. The number of hydrogen-bond acceptors (Lipinski definition) is 2. The standard InChI is InChI=1S/C15H18Cl2N2O/c1-9(11-6-5-10(16)7-13(11)17)19-14(20)12(8-18)15(2,3)4/h5-7,9,12H,1-4H3,(H,19,20)/t9-,12+/m0/s1. The van der Waals surface area contributed by atoms with Gasteiger partial charge in [-0.1, -0.05) is 50.0 Å². The van der Waals surface area contributed by atoms with Crippen LogP contribution in [-0.4, -0.2) is 5.91 Å². The van der Waals surface area contributed by atoms with Crippen molar-refractivity contribution >= 4 is 29.1 Å². The first-order valence-electron chi connectivity index (χ1n) is 6.31. The van der Waals surface area contributed by atoms with Crippen LogP contribution in [0.3, 0.4) is 0 Å². The monoisotopic (exact) mass is 312 g/mol. The maximum atomic E-state index is 12.2. The highest BCUT2D eigenvalue weighted by Crippen LogP contribution is 2.29. The topological polar surface area (TPSA) is 52.9 Å². The third kappa shape index (κ3) is 4.13. The lowest BCUT2D eigenvalue weighted by Crippen LogP contribution is -2.38. The van der Waals surface area contributed by atoms with E-state index < -0.39 is 11.3 Å². The van der Waals surface area contributed by atoms with Gasteiger partial charge in [-0.3, -0.25) is 4.79 Å². The number of hydrogen-bond donors (Lipinski definition) is 1. The maximum Gasteiger partial charge on any atom is 0.238 e. The van der Waals surface area contributed by atoms with Gasteiger partial charge < -0.3 is 5.32 Å². The second-order valence-electron chi connectivity index (χ2n) is 5.82. The number of nitrogens with one attached hydrogen (secondary N) is 1. The van der Waals surface area contributed by atoms with E-state index in [1.807, 2.05) is 27.7 Å². The van der Waals surface area contributed by atoms with Crippen LogP contribution in [0.2, 0.25) is 10.0 Å². The zero-order valence-corrected chi connectivity index (χ0v) is 13.5. The van der Waals surface area contributed by atoms with Crippen LogP contribution in [-0.2, 0) is 4.79 Å². The molecule has 0 aliphatic rings. The van der Waals surface area contributed by atoms with Crippen LogP contribution in [0.1, 0.15) is 39.3 Å². The van der Waals surface area contributed by atoms with Gasteiger partial charge in [-0.05, 0) is 30.0 Å². The molecule has 0 fully saturated rings. The lowest BCUT2D eigenvalue weighted by molar-refractivity contribution is -0.126. The average Bonchev–Trinajstić information content (AvgIpc) is 2.27. The van der Waals surface area contributed by atoms with E-state index in [0.29, 0.717) is 10.0 Å². The Morgan fingerprint density at radius 3 is 2.40 bits per heavy atom. The van der Waals surface area contributed by atoms with E-state index in [9.17, 15) is 4.79 Å². The normalized spacial score (nSPS) is 14.2. The van der Waals surface area contributed by atoms with E-state index in [0.717, 1.165) is 5.56 Å². The lowest BCUT2D eigenvalue weighted by atomic mass is 9.81. The molecule has 5 heteroatoms. The van der Waals surface area contributed by atoms with Gasteiger partial charge in [0.25, 0.3) is 0 Å². The van der Waals surface area contributed by atoms with E-state index in [-0.39, 0.29) is 11.9 Å². The van der Waals surface area contributed by atoms with Crippen LogP contribution in [0.4, 0.5) is 0 Å². The molecule has 20 heavy (non-hydrogen) atoms. The Bertz CT molecular complexity index is 544. The van der Waals surface area contributed by atoms with Crippen LogP contribution in [0.5, 0.6) is 0 Å². The summed E-state index contributed by atoms with van der Waals surface area (Å²) in [6.07, 6.45) is 0. The van der Waals surface area contributed by atoms with E-state index in [4.69, 9.17) is 28.5 Å². The Morgan fingerprint density at radius 2 is 1.95 bits per heavy atom. The van der Waals surface area contributed by atoms with Crippen molar-refractivity contribution < 1.29 is 4.79 Å². The van der Waals surface area contributed by atoms with Gasteiger partial charge in [-0.15, -0.1) is 0 Å². The Balaban J connectivity index is 2.88. The molecule has 1 aromatic carbocycles. The van der Waals surface area contributed by atoms with Gasteiger partial charge in [-0.2, -0.15) is 5.26 Å². The van der Waals surface area contributed by atoms with Crippen molar-refractivity contribution in [2.24, 2.45) is 11.3 Å². The fourth-order valence-electron chi connectivity index (χ4n) is 1.87. The number of rotatable bonds is 3. The molecular formula is C15H18Cl2N2O. The number of amides is 1. The van der Waals surface area contributed by atoms with Gasteiger partial charge in [-0.25, -0.2) is 0 Å². The Kier molecular flexibility index (Phi) is 5.44. The van der Waals surface area contributed by atoms with Gasteiger partial charge in [0.2, 0.25) is 5.91 Å². The van der Waals surface area contributed by atoms with Crippen molar-refractivity contribution in [3.8, 4) is 6.07 Å². The van der Waals surface area contributed by atoms with Gasteiger partial charge in [0, 0.05) is 10.0 Å². The third-order valence-corrected chi connectivity index (χ3v) is 3.61. The van der Waals surface area contributed by atoms with Crippen molar-refractivity contribution in [1.82, 2.24) is 5.32 Å². The fraction of sp³-hybridized carbons (Fsp3) is 0.467. The van der Waals surface area contributed by atoms with Gasteiger partial charge in [0.05, 0.1) is 12.1 Å². The number of carbonyl (C=O) groups is 1. The van der Waals surface area contributed by atoms with Crippen molar-refractivity contribution in [3.05, 3.63) is 33.8 Å².